The van der Waals surface area contributed by atoms with Crippen LogP contribution in [-0.4, -0.2) is 35.6 Å². The van der Waals surface area contributed by atoms with Gasteiger partial charge >= 0.3 is 6.03 Å². The Bertz CT molecular complexity index is 855. The highest BCUT2D eigenvalue weighted by molar-refractivity contribution is 5.89. The van der Waals surface area contributed by atoms with Gasteiger partial charge in [0.1, 0.15) is 24.8 Å². The van der Waals surface area contributed by atoms with Gasteiger partial charge in [-0.15, -0.1) is 0 Å². The molecule has 0 aliphatic heterocycles. The lowest BCUT2D eigenvalue weighted by molar-refractivity contribution is 0.245. The molecule has 0 bridgehead atoms. The van der Waals surface area contributed by atoms with Gasteiger partial charge in [-0.1, -0.05) is 19.9 Å². The first-order valence-corrected chi connectivity index (χ1v) is 8.39. The van der Waals surface area contributed by atoms with Crippen molar-refractivity contribution in [3.8, 4) is 5.69 Å². The average Bonchev–Trinajstić information content (AvgIpc) is 3.25. The van der Waals surface area contributed by atoms with Gasteiger partial charge in [0, 0.05) is 12.7 Å². The lowest BCUT2D eigenvalue weighted by Crippen LogP contribution is -2.34. The van der Waals surface area contributed by atoms with Gasteiger partial charge in [0.05, 0.1) is 11.7 Å². The SMILES string of the molecule is CC(C)CC(NC(=O)Nc1cccc(-n2cncn2)c1)c1ncnn1C. The van der Waals surface area contributed by atoms with Crippen LogP contribution in [0.5, 0.6) is 0 Å². The summed E-state index contributed by atoms with van der Waals surface area (Å²) >= 11 is 0. The number of hydrogen-bond acceptors (Lipinski definition) is 5. The number of nitrogens with one attached hydrogen (secondary N) is 2. The Labute approximate surface area is 151 Å². The second-order valence-electron chi connectivity index (χ2n) is 6.41. The van der Waals surface area contributed by atoms with Crippen LogP contribution in [0.1, 0.15) is 32.1 Å². The number of carbonyl (C=O) groups excluding carboxylic acids is 1. The van der Waals surface area contributed by atoms with Crippen molar-refractivity contribution in [1.82, 2.24) is 34.8 Å². The van der Waals surface area contributed by atoms with E-state index in [4.69, 9.17) is 0 Å². The van der Waals surface area contributed by atoms with Gasteiger partial charge in [-0.3, -0.25) is 4.68 Å². The molecule has 2 amide bonds. The molecule has 1 aromatic carbocycles. The van der Waals surface area contributed by atoms with E-state index in [0.717, 1.165) is 17.9 Å². The van der Waals surface area contributed by atoms with E-state index in [2.05, 4.69) is 44.6 Å². The Balaban J connectivity index is 1.71. The monoisotopic (exact) mass is 354 g/mol. The van der Waals surface area contributed by atoms with Crippen molar-refractivity contribution >= 4 is 11.7 Å². The van der Waals surface area contributed by atoms with Gasteiger partial charge < -0.3 is 10.6 Å². The predicted octanol–water partition coefficient (Wildman–Crippen LogP) is 2.30. The molecule has 1 atom stereocenters. The van der Waals surface area contributed by atoms with Gasteiger partial charge in [-0.2, -0.15) is 10.2 Å². The summed E-state index contributed by atoms with van der Waals surface area (Å²) in [4.78, 5) is 20.7. The van der Waals surface area contributed by atoms with Crippen molar-refractivity contribution < 1.29 is 4.79 Å². The molecule has 0 aliphatic rings. The van der Waals surface area contributed by atoms with Crippen LogP contribution in [0.2, 0.25) is 0 Å². The zero-order chi connectivity index (χ0) is 18.5. The Morgan fingerprint density at radius 3 is 2.73 bits per heavy atom. The van der Waals surface area contributed by atoms with Crippen molar-refractivity contribution in [1.29, 1.82) is 0 Å². The highest BCUT2D eigenvalue weighted by Crippen LogP contribution is 2.19. The fourth-order valence-corrected chi connectivity index (χ4v) is 2.71. The number of rotatable bonds is 6. The normalized spacial score (nSPS) is 12.2. The molecule has 0 spiro atoms. The van der Waals surface area contributed by atoms with Gasteiger partial charge in [-0.05, 0) is 30.5 Å². The standard InChI is InChI=1S/C17H22N8O/c1-12(2)7-15(16-19-10-20-24(16)3)23-17(26)22-13-5-4-6-14(8-13)25-11-18-9-21-25/h4-6,8-12,15H,7H2,1-3H3,(H2,22,23,26). The number of amides is 2. The van der Waals surface area contributed by atoms with Gasteiger partial charge in [0.25, 0.3) is 0 Å². The van der Waals surface area contributed by atoms with E-state index in [1.54, 1.807) is 15.7 Å². The number of nitrogens with zero attached hydrogens (tertiary/aromatic N) is 6. The van der Waals surface area contributed by atoms with E-state index in [0.29, 0.717) is 11.6 Å². The van der Waals surface area contributed by atoms with E-state index in [1.807, 2.05) is 31.3 Å². The van der Waals surface area contributed by atoms with E-state index < -0.39 is 0 Å². The third-order valence-corrected chi connectivity index (χ3v) is 3.86. The highest BCUT2D eigenvalue weighted by atomic mass is 16.2. The number of aromatic nitrogens is 6. The second kappa shape index (κ2) is 7.77. The zero-order valence-corrected chi connectivity index (χ0v) is 15.0. The van der Waals surface area contributed by atoms with Crippen LogP contribution in [-0.2, 0) is 7.05 Å². The van der Waals surface area contributed by atoms with Gasteiger partial charge in [-0.25, -0.2) is 19.4 Å². The fraction of sp³-hybridized carbons (Fsp3) is 0.353. The van der Waals surface area contributed by atoms with E-state index in [9.17, 15) is 4.79 Å². The van der Waals surface area contributed by atoms with Crippen molar-refractivity contribution in [2.45, 2.75) is 26.3 Å². The lowest BCUT2D eigenvalue weighted by Gasteiger charge is -2.20. The Kier molecular flexibility index (Phi) is 5.26. The molecule has 9 nitrogen and oxygen atoms in total. The average molecular weight is 354 g/mol. The maximum absolute atomic E-state index is 12.5. The molecule has 136 valence electrons. The minimum atomic E-state index is -0.297. The summed E-state index contributed by atoms with van der Waals surface area (Å²) in [7, 11) is 1.82. The first-order valence-electron chi connectivity index (χ1n) is 8.39. The summed E-state index contributed by atoms with van der Waals surface area (Å²) < 4.78 is 3.31. The van der Waals surface area contributed by atoms with Crippen LogP contribution in [0, 0.1) is 5.92 Å². The van der Waals surface area contributed by atoms with Crippen molar-refractivity contribution in [3.63, 3.8) is 0 Å². The molecular formula is C17H22N8O. The maximum Gasteiger partial charge on any atom is 0.319 e. The number of carbonyl (C=O) groups is 1. The van der Waals surface area contributed by atoms with Crippen molar-refractivity contribution in [2.75, 3.05) is 5.32 Å². The minimum Gasteiger partial charge on any atom is -0.328 e. The zero-order valence-electron chi connectivity index (χ0n) is 15.0. The van der Waals surface area contributed by atoms with Crippen molar-refractivity contribution in [2.24, 2.45) is 13.0 Å². The Morgan fingerprint density at radius 2 is 2.08 bits per heavy atom. The Hall–Kier alpha value is -3.23. The number of anilines is 1. The van der Waals surface area contributed by atoms with Gasteiger partial charge in [0.2, 0.25) is 0 Å². The summed E-state index contributed by atoms with van der Waals surface area (Å²) in [6, 6.07) is 6.86. The molecule has 3 aromatic rings. The number of urea groups is 1. The molecule has 2 aromatic heterocycles. The topological polar surface area (TPSA) is 103 Å². The molecule has 0 fully saturated rings. The smallest absolute Gasteiger partial charge is 0.319 e. The van der Waals surface area contributed by atoms with Gasteiger partial charge in [0.15, 0.2) is 0 Å². The molecule has 26 heavy (non-hydrogen) atoms. The molecule has 9 heteroatoms. The summed E-state index contributed by atoms with van der Waals surface area (Å²) in [5.41, 5.74) is 1.48. The molecular weight excluding hydrogens is 332 g/mol. The third-order valence-electron chi connectivity index (χ3n) is 3.86. The molecule has 2 heterocycles. The number of aryl methyl sites for hydroxylation is 1. The van der Waals surface area contributed by atoms with Crippen LogP contribution in [0.15, 0.2) is 43.2 Å². The summed E-state index contributed by atoms with van der Waals surface area (Å²) in [6.07, 6.45) is 5.32. The first kappa shape index (κ1) is 17.6. The predicted molar refractivity (Wildman–Crippen MR) is 96.7 cm³/mol. The third kappa shape index (κ3) is 4.24. The van der Waals surface area contributed by atoms with Crippen molar-refractivity contribution in [3.05, 3.63) is 49.1 Å². The molecule has 0 saturated heterocycles. The largest absolute Gasteiger partial charge is 0.328 e. The first-order chi connectivity index (χ1) is 12.5. The molecule has 0 saturated carbocycles. The molecule has 0 aliphatic carbocycles. The maximum atomic E-state index is 12.5. The Morgan fingerprint density at radius 1 is 1.23 bits per heavy atom. The number of hydrogen-bond donors (Lipinski definition) is 2. The summed E-state index contributed by atoms with van der Waals surface area (Å²) in [5.74, 6) is 1.12. The van der Waals surface area contributed by atoms with E-state index in [1.165, 1.54) is 12.7 Å². The molecule has 0 radical (unpaired) electrons. The fourth-order valence-electron chi connectivity index (χ4n) is 2.71. The molecule has 3 rings (SSSR count). The molecule has 2 N–H and O–H groups in total. The minimum absolute atomic E-state index is 0.221. The summed E-state index contributed by atoms with van der Waals surface area (Å²) in [5, 5.41) is 14.0. The van der Waals surface area contributed by atoms with E-state index >= 15 is 0 Å². The lowest BCUT2D eigenvalue weighted by atomic mass is 10.0. The summed E-state index contributed by atoms with van der Waals surface area (Å²) in [6.45, 7) is 4.20. The van der Waals surface area contributed by atoms with Crippen LogP contribution < -0.4 is 10.6 Å². The second-order valence-corrected chi connectivity index (χ2v) is 6.41. The van der Waals surface area contributed by atoms with Crippen LogP contribution in [0.3, 0.4) is 0 Å². The van der Waals surface area contributed by atoms with Crippen LogP contribution >= 0.6 is 0 Å². The highest BCUT2D eigenvalue weighted by Gasteiger charge is 2.20. The quantitative estimate of drug-likeness (QED) is 0.707. The number of benzene rings is 1. The van der Waals surface area contributed by atoms with E-state index in [-0.39, 0.29) is 12.1 Å². The van der Waals surface area contributed by atoms with Crippen LogP contribution in [0.4, 0.5) is 10.5 Å². The molecule has 1 unspecified atom stereocenters. The van der Waals surface area contributed by atoms with Crippen LogP contribution in [0.25, 0.3) is 5.69 Å².